The third-order valence-corrected chi connectivity index (χ3v) is 6.23. The van der Waals surface area contributed by atoms with Gasteiger partial charge in [0.1, 0.15) is 0 Å². The Hall–Kier alpha value is -3.46. The number of halogens is 1. The molecule has 9 nitrogen and oxygen atoms in total. The van der Waals surface area contributed by atoms with Crippen LogP contribution in [-0.2, 0) is 9.53 Å². The minimum Gasteiger partial charge on any atom is -0.465 e. The predicted molar refractivity (Wildman–Crippen MR) is 134 cm³/mol. The van der Waals surface area contributed by atoms with Gasteiger partial charge in [0.25, 0.3) is 0 Å². The second-order valence-corrected chi connectivity index (χ2v) is 9.97. The van der Waals surface area contributed by atoms with Gasteiger partial charge in [-0.1, -0.05) is 44.5 Å². The number of hydrogen-bond acceptors (Lipinski definition) is 7. The van der Waals surface area contributed by atoms with E-state index in [9.17, 15) is 9.59 Å². The standard InChI is InChI=1S/C25H29ClN6O3/c1-25(2,3)23(34)31-11-9-19(10-12-31)32-15-18(13-28-32)29-24-27-14-20(26)21(30-24)16-5-7-17(8-6-16)22(33)35-4/h5-8,13-15,19H,9-12H2,1-4H3,(H,27,29,30). The van der Waals surface area contributed by atoms with E-state index < -0.39 is 5.97 Å². The molecule has 3 heterocycles. The van der Waals surface area contributed by atoms with Crippen LogP contribution in [0.3, 0.4) is 0 Å². The summed E-state index contributed by atoms with van der Waals surface area (Å²) in [5.74, 6) is 0.164. The lowest BCUT2D eigenvalue weighted by atomic mass is 9.93. The molecule has 10 heteroatoms. The van der Waals surface area contributed by atoms with Crippen LogP contribution in [-0.4, -0.2) is 56.7 Å². The first kappa shape index (κ1) is 24.7. The van der Waals surface area contributed by atoms with Crippen molar-refractivity contribution >= 4 is 35.1 Å². The van der Waals surface area contributed by atoms with Crippen LogP contribution in [0.25, 0.3) is 11.3 Å². The van der Waals surface area contributed by atoms with Crippen molar-refractivity contribution in [3.05, 3.63) is 53.4 Å². The number of methoxy groups -OCH3 is 1. The third kappa shape index (κ3) is 5.62. The normalized spacial score (nSPS) is 14.6. The van der Waals surface area contributed by atoms with Crippen molar-refractivity contribution in [3.8, 4) is 11.3 Å². The number of nitrogens with zero attached hydrogens (tertiary/aromatic N) is 5. The topological polar surface area (TPSA) is 102 Å². The maximum atomic E-state index is 12.5. The Morgan fingerprint density at radius 1 is 1.11 bits per heavy atom. The first-order chi connectivity index (χ1) is 16.7. The lowest BCUT2D eigenvalue weighted by Gasteiger charge is -2.35. The average molecular weight is 497 g/mol. The van der Waals surface area contributed by atoms with Crippen LogP contribution in [0.2, 0.25) is 5.02 Å². The molecule has 0 atom stereocenters. The second kappa shape index (κ2) is 10.0. The van der Waals surface area contributed by atoms with Crippen LogP contribution >= 0.6 is 11.6 Å². The number of esters is 1. The summed E-state index contributed by atoms with van der Waals surface area (Å²) in [5.41, 5.74) is 2.13. The fraction of sp³-hybridized carbons (Fsp3) is 0.400. The Kier molecular flexibility index (Phi) is 7.07. The molecule has 1 aliphatic rings. The molecule has 35 heavy (non-hydrogen) atoms. The summed E-state index contributed by atoms with van der Waals surface area (Å²) in [4.78, 5) is 35.0. The summed E-state index contributed by atoms with van der Waals surface area (Å²) >= 11 is 6.34. The van der Waals surface area contributed by atoms with E-state index in [1.807, 2.05) is 36.5 Å². The van der Waals surface area contributed by atoms with Gasteiger partial charge in [-0.05, 0) is 25.0 Å². The highest BCUT2D eigenvalue weighted by atomic mass is 35.5. The molecule has 1 fully saturated rings. The number of carbonyl (C=O) groups is 2. The van der Waals surface area contributed by atoms with E-state index in [4.69, 9.17) is 16.3 Å². The fourth-order valence-electron chi connectivity index (χ4n) is 4.05. The molecule has 0 aliphatic carbocycles. The zero-order valence-corrected chi connectivity index (χ0v) is 21.0. The van der Waals surface area contributed by atoms with Crippen LogP contribution in [0, 0.1) is 5.41 Å². The summed E-state index contributed by atoms with van der Waals surface area (Å²) in [7, 11) is 1.34. The summed E-state index contributed by atoms with van der Waals surface area (Å²) in [6.07, 6.45) is 6.90. The van der Waals surface area contributed by atoms with Crippen LogP contribution in [0.1, 0.15) is 50.0 Å². The number of rotatable bonds is 5. The van der Waals surface area contributed by atoms with Crippen molar-refractivity contribution in [3.63, 3.8) is 0 Å². The molecule has 4 rings (SSSR count). The van der Waals surface area contributed by atoms with Crippen molar-refractivity contribution < 1.29 is 14.3 Å². The summed E-state index contributed by atoms with van der Waals surface area (Å²) in [6.45, 7) is 7.31. The second-order valence-electron chi connectivity index (χ2n) is 9.57. The Morgan fingerprint density at radius 3 is 2.43 bits per heavy atom. The van der Waals surface area contributed by atoms with E-state index in [-0.39, 0.29) is 17.4 Å². The highest BCUT2D eigenvalue weighted by Crippen LogP contribution is 2.29. The molecule has 0 saturated carbocycles. The Bertz CT molecular complexity index is 1210. The van der Waals surface area contributed by atoms with Crippen molar-refractivity contribution in [2.75, 3.05) is 25.5 Å². The average Bonchev–Trinajstić information content (AvgIpc) is 3.32. The Balaban J connectivity index is 1.43. The van der Waals surface area contributed by atoms with Gasteiger partial charge in [-0.2, -0.15) is 5.10 Å². The molecule has 1 aromatic carbocycles. The first-order valence-corrected chi connectivity index (χ1v) is 11.9. The number of benzene rings is 1. The van der Waals surface area contributed by atoms with Crippen molar-refractivity contribution in [1.29, 1.82) is 0 Å². The molecule has 3 aromatic rings. The molecule has 0 radical (unpaired) electrons. The lowest BCUT2D eigenvalue weighted by molar-refractivity contribution is -0.140. The smallest absolute Gasteiger partial charge is 0.337 e. The van der Waals surface area contributed by atoms with Gasteiger partial charge < -0.3 is 15.0 Å². The van der Waals surface area contributed by atoms with E-state index in [0.29, 0.717) is 22.2 Å². The van der Waals surface area contributed by atoms with Gasteiger partial charge in [0.2, 0.25) is 11.9 Å². The van der Waals surface area contributed by atoms with Gasteiger partial charge >= 0.3 is 5.97 Å². The monoisotopic (exact) mass is 496 g/mol. The number of aromatic nitrogens is 4. The van der Waals surface area contributed by atoms with Gasteiger partial charge in [-0.15, -0.1) is 0 Å². The van der Waals surface area contributed by atoms with Crippen LogP contribution < -0.4 is 5.32 Å². The molecular weight excluding hydrogens is 468 g/mol. The first-order valence-electron chi connectivity index (χ1n) is 11.5. The Labute approximate surface area is 209 Å². The lowest BCUT2D eigenvalue weighted by Crippen LogP contribution is -2.44. The highest BCUT2D eigenvalue weighted by Gasteiger charge is 2.31. The van der Waals surface area contributed by atoms with E-state index in [1.165, 1.54) is 13.3 Å². The predicted octanol–water partition coefficient (Wildman–Crippen LogP) is 4.73. The summed E-state index contributed by atoms with van der Waals surface area (Å²) < 4.78 is 6.67. The molecule has 0 spiro atoms. The van der Waals surface area contributed by atoms with E-state index >= 15 is 0 Å². The fourth-order valence-corrected chi connectivity index (χ4v) is 4.25. The van der Waals surface area contributed by atoms with Gasteiger partial charge in [0.05, 0.1) is 47.5 Å². The van der Waals surface area contributed by atoms with E-state index in [0.717, 1.165) is 37.2 Å². The zero-order valence-electron chi connectivity index (χ0n) is 20.3. The number of carbonyl (C=O) groups excluding carboxylic acids is 2. The molecule has 1 aliphatic heterocycles. The molecule has 1 amide bonds. The molecule has 1 saturated heterocycles. The van der Waals surface area contributed by atoms with E-state index in [2.05, 4.69) is 20.4 Å². The van der Waals surface area contributed by atoms with Crippen LogP contribution in [0.4, 0.5) is 11.6 Å². The van der Waals surface area contributed by atoms with Gasteiger partial charge in [0.15, 0.2) is 0 Å². The molecule has 184 valence electrons. The summed E-state index contributed by atoms with van der Waals surface area (Å²) in [5, 5.41) is 8.09. The van der Waals surface area contributed by atoms with Crippen molar-refractivity contribution in [1.82, 2.24) is 24.6 Å². The molecule has 0 unspecified atom stereocenters. The number of anilines is 2. The molecular formula is C25H29ClN6O3. The molecule has 2 aromatic heterocycles. The third-order valence-electron chi connectivity index (χ3n) is 5.95. The maximum absolute atomic E-state index is 12.5. The number of likely N-dealkylation sites (tertiary alicyclic amines) is 1. The number of ether oxygens (including phenoxy) is 1. The number of amides is 1. The van der Waals surface area contributed by atoms with Crippen molar-refractivity contribution in [2.24, 2.45) is 5.41 Å². The van der Waals surface area contributed by atoms with Gasteiger partial charge in [0, 0.05) is 30.3 Å². The van der Waals surface area contributed by atoms with Crippen molar-refractivity contribution in [2.45, 2.75) is 39.7 Å². The molecule has 0 bridgehead atoms. The quantitative estimate of drug-likeness (QED) is 0.509. The number of piperidine rings is 1. The summed E-state index contributed by atoms with van der Waals surface area (Å²) in [6, 6.07) is 7.08. The Morgan fingerprint density at radius 2 is 1.80 bits per heavy atom. The van der Waals surface area contributed by atoms with Gasteiger partial charge in [-0.25, -0.2) is 14.8 Å². The minimum absolute atomic E-state index is 0.189. The SMILES string of the molecule is COC(=O)c1ccc(-c2nc(Nc3cnn(C4CCN(C(=O)C(C)(C)C)CC4)c3)ncc2Cl)cc1. The van der Waals surface area contributed by atoms with Crippen LogP contribution in [0.5, 0.6) is 0 Å². The maximum Gasteiger partial charge on any atom is 0.337 e. The van der Waals surface area contributed by atoms with E-state index in [1.54, 1.807) is 30.5 Å². The number of hydrogen-bond donors (Lipinski definition) is 1. The van der Waals surface area contributed by atoms with Gasteiger partial charge in [-0.3, -0.25) is 9.48 Å². The van der Waals surface area contributed by atoms with Crippen LogP contribution in [0.15, 0.2) is 42.9 Å². The molecule has 1 N–H and O–H groups in total. The highest BCUT2D eigenvalue weighted by molar-refractivity contribution is 6.32. The number of nitrogens with one attached hydrogen (secondary N) is 1. The minimum atomic E-state index is -0.406. The zero-order chi connectivity index (χ0) is 25.2. The largest absolute Gasteiger partial charge is 0.465 e.